The van der Waals surface area contributed by atoms with Crippen LogP contribution >= 0.6 is 18.5 Å². The molecule has 0 radical (unpaired) electrons. The normalized spacial score (nSPS) is 24.8. The molecule has 1 aromatic carbocycles. The number of hydrogen-bond donors (Lipinski definition) is 0. The molecule has 1 aliphatic carbocycles. The molecular formula is C11H14OP2. The third-order valence-electron chi connectivity index (χ3n) is 2.82. The fourth-order valence-electron chi connectivity index (χ4n) is 1.92. The molecule has 0 N–H and O–H groups in total. The van der Waals surface area contributed by atoms with Gasteiger partial charge in [-0.15, -0.1) is 18.5 Å². The lowest BCUT2D eigenvalue weighted by Crippen LogP contribution is -2.07. The smallest absolute Gasteiger partial charge is 0.133 e. The second-order valence-electron chi connectivity index (χ2n) is 3.95. The zero-order chi connectivity index (χ0) is 10.3. The minimum absolute atomic E-state index is 0.282. The van der Waals surface area contributed by atoms with Crippen molar-refractivity contribution in [3.05, 3.63) is 23.8 Å². The minimum Gasteiger partial charge on any atom is -0.300 e. The van der Waals surface area contributed by atoms with Gasteiger partial charge in [0, 0.05) is 5.92 Å². The zero-order valence-electron chi connectivity index (χ0n) is 8.16. The van der Waals surface area contributed by atoms with Gasteiger partial charge in [0.2, 0.25) is 0 Å². The van der Waals surface area contributed by atoms with Crippen molar-refractivity contribution in [3.63, 3.8) is 0 Å². The molecule has 0 amide bonds. The first-order valence-corrected chi connectivity index (χ1v) is 5.90. The van der Waals surface area contributed by atoms with Gasteiger partial charge in [-0.05, 0) is 41.5 Å². The first-order chi connectivity index (χ1) is 6.59. The van der Waals surface area contributed by atoms with Gasteiger partial charge in [0.15, 0.2) is 0 Å². The summed E-state index contributed by atoms with van der Waals surface area (Å²) < 4.78 is 0. The molecule has 0 heterocycles. The number of hydrogen-bond acceptors (Lipinski definition) is 1. The molecule has 0 aromatic heterocycles. The van der Waals surface area contributed by atoms with E-state index in [0.29, 0.717) is 11.7 Å². The Labute approximate surface area is 89.1 Å². The summed E-state index contributed by atoms with van der Waals surface area (Å²) in [6.45, 7) is 1.69. The number of benzene rings is 1. The summed E-state index contributed by atoms with van der Waals surface area (Å²) in [4.78, 5) is 11.2. The van der Waals surface area contributed by atoms with Crippen molar-refractivity contribution >= 4 is 34.9 Å². The molecule has 0 aliphatic heterocycles. The molecule has 0 bridgehead atoms. The second kappa shape index (κ2) is 3.72. The van der Waals surface area contributed by atoms with Crippen LogP contribution in [0.3, 0.4) is 0 Å². The SMILES string of the molecule is CC(=O)[C@@H]1CC1c1ccc(P)cc1P. The highest BCUT2D eigenvalue weighted by Gasteiger charge is 2.42. The summed E-state index contributed by atoms with van der Waals surface area (Å²) in [6.07, 6.45) is 1.03. The van der Waals surface area contributed by atoms with Gasteiger partial charge in [0.25, 0.3) is 0 Å². The first kappa shape index (κ1) is 10.3. The molecule has 74 valence electrons. The van der Waals surface area contributed by atoms with E-state index in [-0.39, 0.29) is 5.92 Å². The van der Waals surface area contributed by atoms with E-state index in [4.69, 9.17) is 0 Å². The van der Waals surface area contributed by atoms with Crippen LogP contribution in [-0.4, -0.2) is 5.78 Å². The van der Waals surface area contributed by atoms with Gasteiger partial charge in [-0.25, -0.2) is 0 Å². The minimum atomic E-state index is 0.282. The van der Waals surface area contributed by atoms with Crippen LogP contribution < -0.4 is 10.6 Å². The number of carbonyl (C=O) groups is 1. The van der Waals surface area contributed by atoms with Crippen LogP contribution in [0.25, 0.3) is 0 Å². The molecule has 4 atom stereocenters. The van der Waals surface area contributed by atoms with Crippen molar-refractivity contribution in [3.8, 4) is 0 Å². The fourth-order valence-corrected chi connectivity index (χ4v) is 2.89. The van der Waals surface area contributed by atoms with Crippen molar-refractivity contribution in [2.75, 3.05) is 0 Å². The van der Waals surface area contributed by atoms with Crippen LogP contribution in [0.4, 0.5) is 0 Å². The van der Waals surface area contributed by atoms with E-state index >= 15 is 0 Å². The summed E-state index contributed by atoms with van der Waals surface area (Å²) in [5.74, 6) is 1.09. The van der Waals surface area contributed by atoms with Crippen LogP contribution in [0.1, 0.15) is 24.8 Å². The highest BCUT2D eigenvalue weighted by atomic mass is 31.0. The summed E-state index contributed by atoms with van der Waals surface area (Å²) in [5, 5.41) is 2.42. The average Bonchev–Trinajstić information content (AvgIpc) is 2.83. The lowest BCUT2D eigenvalue weighted by Gasteiger charge is -2.04. The van der Waals surface area contributed by atoms with Crippen LogP contribution in [0.15, 0.2) is 18.2 Å². The Morgan fingerprint density at radius 2 is 2.14 bits per heavy atom. The van der Waals surface area contributed by atoms with E-state index in [2.05, 4.69) is 36.7 Å². The molecule has 14 heavy (non-hydrogen) atoms. The predicted molar refractivity (Wildman–Crippen MR) is 66.7 cm³/mol. The van der Waals surface area contributed by atoms with Gasteiger partial charge in [0.1, 0.15) is 5.78 Å². The second-order valence-corrected chi connectivity index (χ2v) is 5.24. The fraction of sp³-hybridized carbons (Fsp3) is 0.364. The Hall–Kier alpha value is -0.250. The van der Waals surface area contributed by atoms with Crippen LogP contribution in [0, 0.1) is 5.92 Å². The summed E-state index contributed by atoms with van der Waals surface area (Å²) in [7, 11) is 5.44. The molecule has 1 saturated carbocycles. The number of carbonyl (C=O) groups excluding carboxylic acids is 1. The lowest BCUT2D eigenvalue weighted by atomic mass is 10.1. The van der Waals surface area contributed by atoms with Crippen molar-refractivity contribution in [2.45, 2.75) is 19.3 Å². The third-order valence-corrected chi connectivity index (χ3v) is 3.68. The monoisotopic (exact) mass is 224 g/mol. The summed E-state index contributed by atoms with van der Waals surface area (Å²) in [5.41, 5.74) is 1.32. The van der Waals surface area contributed by atoms with Gasteiger partial charge in [-0.3, -0.25) is 4.79 Å². The lowest BCUT2D eigenvalue weighted by molar-refractivity contribution is -0.118. The maximum absolute atomic E-state index is 11.2. The Kier molecular flexibility index (Phi) is 2.73. The van der Waals surface area contributed by atoms with Crippen LogP contribution in [0.2, 0.25) is 0 Å². The molecular weight excluding hydrogens is 210 g/mol. The molecule has 3 unspecified atom stereocenters. The topological polar surface area (TPSA) is 17.1 Å². The maximum Gasteiger partial charge on any atom is 0.133 e. The van der Waals surface area contributed by atoms with Crippen molar-refractivity contribution in [1.82, 2.24) is 0 Å². The molecule has 1 fully saturated rings. The Morgan fingerprint density at radius 1 is 1.43 bits per heavy atom. The van der Waals surface area contributed by atoms with Gasteiger partial charge in [0.05, 0.1) is 0 Å². The molecule has 1 aliphatic rings. The molecule has 1 aromatic rings. The highest BCUT2D eigenvalue weighted by Crippen LogP contribution is 2.47. The van der Waals surface area contributed by atoms with E-state index < -0.39 is 0 Å². The standard InChI is InChI=1S/C11H14OP2/c1-6(12)9-5-10(9)8-3-2-7(13)4-11(8)14/h2-4,9-10H,5,13-14H2,1H3/t9-,10?/m0/s1. The Bertz CT molecular complexity index is 387. The maximum atomic E-state index is 11.2. The average molecular weight is 224 g/mol. The summed E-state index contributed by atoms with van der Waals surface area (Å²) >= 11 is 0. The van der Waals surface area contributed by atoms with Crippen molar-refractivity contribution in [2.24, 2.45) is 5.92 Å². The third kappa shape index (κ3) is 1.90. The molecule has 0 saturated heterocycles. The quantitative estimate of drug-likeness (QED) is 0.693. The van der Waals surface area contributed by atoms with E-state index in [9.17, 15) is 4.79 Å². The molecule has 0 spiro atoms. The first-order valence-electron chi connectivity index (χ1n) is 4.75. The van der Waals surface area contributed by atoms with Gasteiger partial charge >= 0.3 is 0 Å². The largest absolute Gasteiger partial charge is 0.300 e. The number of ketones is 1. The van der Waals surface area contributed by atoms with Gasteiger partial charge in [-0.1, -0.05) is 12.1 Å². The van der Waals surface area contributed by atoms with Gasteiger partial charge in [-0.2, -0.15) is 0 Å². The Morgan fingerprint density at radius 3 is 2.64 bits per heavy atom. The zero-order valence-corrected chi connectivity index (χ0v) is 10.5. The van der Waals surface area contributed by atoms with E-state index in [1.807, 2.05) is 0 Å². The number of Topliss-reactive ketones (excluding diaryl/α,β-unsaturated/α-hetero) is 1. The van der Waals surface area contributed by atoms with Crippen LogP contribution in [-0.2, 0) is 4.79 Å². The van der Waals surface area contributed by atoms with E-state index in [1.165, 1.54) is 16.2 Å². The Balaban J connectivity index is 2.23. The highest BCUT2D eigenvalue weighted by molar-refractivity contribution is 7.29. The molecule has 2 rings (SSSR count). The van der Waals surface area contributed by atoms with Gasteiger partial charge < -0.3 is 0 Å². The molecule has 1 nitrogen and oxygen atoms in total. The van der Waals surface area contributed by atoms with E-state index in [0.717, 1.165) is 6.42 Å². The van der Waals surface area contributed by atoms with Crippen molar-refractivity contribution < 1.29 is 4.79 Å². The number of rotatable bonds is 2. The summed E-state index contributed by atoms with van der Waals surface area (Å²) in [6, 6.07) is 6.35. The predicted octanol–water partition coefficient (Wildman–Crippen LogP) is 1.38. The van der Waals surface area contributed by atoms with Crippen LogP contribution in [0.5, 0.6) is 0 Å². The molecule has 3 heteroatoms. The van der Waals surface area contributed by atoms with Crippen molar-refractivity contribution in [1.29, 1.82) is 0 Å². The van der Waals surface area contributed by atoms with E-state index in [1.54, 1.807) is 6.92 Å².